The molecule has 7 heteroatoms. The van der Waals surface area contributed by atoms with E-state index in [1.54, 1.807) is 18.2 Å². The van der Waals surface area contributed by atoms with Crippen LogP contribution in [0, 0.1) is 0 Å². The number of carbonyl (C=O) groups excluding carboxylic acids is 1. The Labute approximate surface area is 132 Å². The van der Waals surface area contributed by atoms with Gasteiger partial charge in [0, 0.05) is 12.6 Å². The van der Waals surface area contributed by atoms with Crippen LogP contribution in [0.2, 0.25) is 10.0 Å². The molecule has 5 nitrogen and oxygen atoms in total. The summed E-state index contributed by atoms with van der Waals surface area (Å²) in [6.45, 7) is 3.42. The first kappa shape index (κ1) is 17.3. The fraction of sp³-hybridized carbons (Fsp3) is 0.286. The summed E-state index contributed by atoms with van der Waals surface area (Å²) in [4.78, 5) is 23.7. The maximum absolute atomic E-state index is 11.9. The zero-order chi connectivity index (χ0) is 15.8. The zero-order valence-electron chi connectivity index (χ0n) is 11.2. The average molecular weight is 332 g/mol. The third kappa shape index (κ3) is 6.06. The fourth-order valence-corrected chi connectivity index (χ4v) is 1.84. The van der Waals surface area contributed by atoms with Gasteiger partial charge in [0.2, 0.25) is 5.91 Å². The van der Waals surface area contributed by atoms with Crippen LogP contribution < -0.4 is 4.74 Å². The summed E-state index contributed by atoms with van der Waals surface area (Å²) < 4.78 is 5.38. The molecule has 0 saturated carbocycles. The number of hydrogen-bond acceptors (Lipinski definition) is 3. The smallest absolute Gasteiger partial charge is 0.323 e. The molecule has 0 bridgehead atoms. The minimum atomic E-state index is -1.07. The summed E-state index contributed by atoms with van der Waals surface area (Å²) in [6, 6.07) is 4.78. The number of ether oxygens (including phenoxy) is 1. The molecule has 0 aliphatic carbocycles. The van der Waals surface area contributed by atoms with Crippen LogP contribution in [0.1, 0.15) is 6.42 Å². The van der Waals surface area contributed by atoms with E-state index in [0.717, 1.165) is 0 Å². The van der Waals surface area contributed by atoms with Crippen LogP contribution in [0.25, 0.3) is 0 Å². The lowest BCUT2D eigenvalue weighted by Gasteiger charge is -2.18. The van der Waals surface area contributed by atoms with Gasteiger partial charge in [0.25, 0.3) is 0 Å². The first-order chi connectivity index (χ1) is 9.93. The monoisotopic (exact) mass is 331 g/mol. The minimum Gasteiger partial charge on any atom is -0.493 e. The highest BCUT2D eigenvalue weighted by molar-refractivity contribution is 6.42. The number of carbonyl (C=O) groups is 2. The summed E-state index contributed by atoms with van der Waals surface area (Å²) in [6.07, 6.45) is 1.53. The van der Waals surface area contributed by atoms with Crippen molar-refractivity contribution in [3.05, 3.63) is 40.9 Å². The molecule has 1 amide bonds. The van der Waals surface area contributed by atoms with Crippen molar-refractivity contribution in [1.29, 1.82) is 0 Å². The van der Waals surface area contributed by atoms with Gasteiger partial charge in [-0.25, -0.2) is 0 Å². The number of benzene rings is 1. The summed E-state index contributed by atoms with van der Waals surface area (Å²) in [5, 5.41) is 9.51. The molecule has 0 atom stereocenters. The Bertz CT molecular complexity index is 534. The highest BCUT2D eigenvalue weighted by Gasteiger charge is 2.15. The van der Waals surface area contributed by atoms with E-state index >= 15 is 0 Å². The lowest BCUT2D eigenvalue weighted by Crippen LogP contribution is -2.36. The molecule has 1 aromatic carbocycles. The van der Waals surface area contributed by atoms with Crippen molar-refractivity contribution in [3.8, 4) is 5.75 Å². The molecule has 0 spiro atoms. The van der Waals surface area contributed by atoms with Gasteiger partial charge in [-0.05, 0) is 12.1 Å². The van der Waals surface area contributed by atoms with E-state index in [-0.39, 0.29) is 32.0 Å². The van der Waals surface area contributed by atoms with Crippen LogP contribution in [-0.4, -0.2) is 41.6 Å². The first-order valence-corrected chi connectivity index (χ1v) is 6.88. The number of hydrogen-bond donors (Lipinski definition) is 1. The molecule has 21 heavy (non-hydrogen) atoms. The number of aliphatic carboxylic acids is 1. The SMILES string of the molecule is C=CCN(CC(=O)O)C(=O)CCOc1ccc(Cl)c(Cl)c1. The van der Waals surface area contributed by atoms with Gasteiger partial charge >= 0.3 is 5.97 Å². The Morgan fingerprint density at radius 1 is 1.33 bits per heavy atom. The zero-order valence-corrected chi connectivity index (χ0v) is 12.7. The summed E-state index contributed by atoms with van der Waals surface area (Å²) in [5.41, 5.74) is 0. The average Bonchev–Trinajstić information content (AvgIpc) is 2.41. The number of nitrogens with zero attached hydrogens (tertiary/aromatic N) is 1. The molecular weight excluding hydrogens is 317 g/mol. The number of carboxylic acid groups (broad SMARTS) is 1. The van der Waals surface area contributed by atoms with Gasteiger partial charge in [-0.2, -0.15) is 0 Å². The lowest BCUT2D eigenvalue weighted by atomic mass is 10.3. The number of amides is 1. The molecule has 0 heterocycles. The third-order valence-corrected chi connectivity index (χ3v) is 3.24. The van der Waals surface area contributed by atoms with Crippen molar-refractivity contribution in [1.82, 2.24) is 4.90 Å². The highest BCUT2D eigenvalue weighted by Crippen LogP contribution is 2.26. The Kier molecular flexibility index (Phi) is 7.05. The van der Waals surface area contributed by atoms with E-state index in [2.05, 4.69) is 6.58 Å². The normalized spacial score (nSPS) is 10.0. The van der Waals surface area contributed by atoms with Crippen molar-refractivity contribution in [2.24, 2.45) is 0 Å². The van der Waals surface area contributed by atoms with Gasteiger partial charge < -0.3 is 14.7 Å². The van der Waals surface area contributed by atoms with Crippen molar-refractivity contribution >= 4 is 35.1 Å². The van der Waals surface area contributed by atoms with Crippen molar-refractivity contribution in [2.75, 3.05) is 19.7 Å². The molecule has 1 N–H and O–H groups in total. The van der Waals surface area contributed by atoms with Gasteiger partial charge in [-0.15, -0.1) is 6.58 Å². The van der Waals surface area contributed by atoms with Crippen LogP contribution in [-0.2, 0) is 9.59 Å². The molecule has 0 fully saturated rings. The Morgan fingerprint density at radius 2 is 2.05 bits per heavy atom. The van der Waals surface area contributed by atoms with E-state index in [1.165, 1.54) is 11.0 Å². The van der Waals surface area contributed by atoms with Crippen molar-refractivity contribution in [2.45, 2.75) is 6.42 Å². The van der Waals surface area contributed by atoms with Crippen molar-refractivity contribution < 1.29 is 19.4 Å². The molecule has 0 aromatic heterocycles. The second kappa shape index (κ2) is 8.54. The topological polar surface area (TPSA) is 66.8 Å². The maximum Gasteiger partial charge on any atom is 0.323 e. The largest absolute Gasteiger partial charge is 0.493 e. The van der Waals surface area contributed by atoms with Gasteiger partial charge in [0.15, 0.2) is 0 Å². The lowest BCUT2D eigenvalue weighted by molar-refractivity contribution is -0.144. The number of halogens is 2. The molecule has 1 rings (SSSR count). The highest BCUT2D eigenvalue weighted by atomic mass is 35.5. The molecule has 0 saturated heterocycles. The molecule has 0 aliphatic heterocycles. The Hall–Kier alpha value is -1.72. The van der Waals surface area contributed by atoms with E-state index in [1.807, 2.05) is 0 Å². The first-order valence-electron chi connectivity index (χ1n) is 6.12. The summed E-state index contributed by atoms with van der Waals surface area (Å²) in [7, 11) is 0. The third-order valence-electron chi connectivity index (χ3n) is 2.50. The molecule has 114 valence electrons. The second-order valence-corrected chi connectivity index (χ2v) is 4.95. The number of rotatable bonds is 8. The second-order valence-electron chi connectivity index (χ2n) is 4.13. The maximum atomic E-state index is 11.9. The molecule has 0 aliphatic rings. The van der Waals surface area contributed by atoms with Crippen LogP contribution >= 0.6 is 23.2 Å². The van der Waals surface area contributed by atoms with Crippen LogP contribution in [0.15, 0.2) is 30.9 Å². The van der Waals surface area contributed by atoms with E-state index in [9.17, 15) is 9.59 Å². The molecule has 1 aromatic rings. The van der Waals surface area contributed by atoms with Gasteiger partial charge in [-0.1, -0.05) is 29.3 Å². The molecule has 0 radical (unpaired) electrons. The van der Waals surface area contributed by atoms with Crippen LogP contribution in [0.5, 0.6) is 5.75 Å². The van der Waals surface area contributed by atoms with Crippen molar-refractivity contribution in [3.63, 3.8) is 0 Å². The Balaban J connectivity index is 2.48. The predicted molar refractivity (Wildman–Crippen MR) is 81.0 cm³/mol. The minimum absolute atomic E-state index is 0.0569. The Morgan fingerprint density at radius 3 is 2.62 bits per heavy atom. The van der Waals surface area contributed by atoms with E-state index in [4.69, 9.17) is 33.0 Å². The van der Waals surface area contributed by atoms with E-state index in [0.29, 0.717) is 15.8 Å². The quantitative estimate of drug-likeness (QED) is 0.744. The summed E-state index contributed by atoms with van der Waals surface area (Å²) in [5.74, 6) is -0.904. The predicted octanol–water partition coefficient (Wildman–Crippen LogP) is 2.86. The number of carboxylic acids is 1. The van der Waals surface area contributed by atoms with Crippen LogP contribution in [0.4, 0.5) is 0 Å². The fourth-order valence-electron chi connectivity index (χ4n) is 1.55. The van der Waals surface area contributed by atoms with E-state index < -0.39 is 5.97 Å². The molecular formula is C14H15Cl2NO4. The van der Waals surface area contributed by atoms with Gasteiger partial charge in [0.1, 0.15) is 12.3 Å². The van der Waals surface area contributed by atoms with Gasteiger partial charge in [-0.3, -0.25) is 9.59 Å². The standard InChI is InChI=1S/C14H15Cl2NO4/c1-2-6-17(9-14(19)20)13(18)5-7-21-10-3-4-11(15)12(16)8-10/h2-4,8H,1,5-7,9H2,(H,19,20). The van der Waals surface area contributed by atoms with Gasteiger partial charge in [0.05, 0.1) is 23.1 Å². The molecule has 0 unspecified atom stereocenters. The van der Waals surface area contributed by atoms with Crippen LogP contribution in [0.3, 0.4) is 0 Å². The summed E-state index contributed by atoms with van der Waals surface area (Å²) >= 11 is 11.6.